The number of rotatable bonds is 7. The van der Waals surface area contributed by atoms with Gasteiger partial charge in [-0.1, -0.05) is 30.3 Å². The minimum atomic E-state index is -1.05. The van der Waals surface area contributed by atoms with Crippen molar-refractivity contribution in [3.05, 3.63) is 35.9 Å². The predicted octanol–water partition coefficient (Wildman–Crippen LogP) is -0.478. The second kappa shape index (κ2) is 8.40. The fraction of sp³-hybridized carbons (Fsp3) is 0.588. The lowest BCUT2D eigenvalue weighted by atomic mass is 10.1. The minimum absolute atomic E-state index is 0.108. The summed E-state index contributed by atoms with van der Waals surface area (Å²) in [5, 5.41) is 32.7. The van der Waals surface area contributed by atoms with E-state index in [0.717, 1.165) is 12.0 Å². The van der Waals surface area contributed by atoms with Gasteiger partial charge in [-0.15, -0.1) is 0 Å². The second-order valence-corrected chi connectivity index (χ2v) is 5.93. The summed E-state index contributed by atoms with van der Waals surface area (Å²) in [7, 11) is 0. The first kappa shape index (κ1) is 17.9. The van der Waals surface area contributed by atoms with Crippen molar-refractivity contribution in [2.45, 2.75) is 44.1 Å². The molecule has 6 nitrogen and oxygen atoms in total. The zero-order valence-corrected chi connectivity index (χ0v) is 13.4. The van der Waals surface area contributed by atoms with E-state index in [0.29, 0.717) is 13.1 Å². The number of aliphatic hydroxyl groups excluding tert-OH is 3. The van der Waals surface area contributed by atoms with E-state index in [4.69, 9.17) is 0 Å². The number of benzene rings is 1. The number of nitrogens with one attached hydrogen (secondary N) is 1. The first-order chi connectivity index (χ1) is 11.1. The predicted molar refractivity (Wildman–Crippen MR) is 86.8 cm³/mol. The molecule has 1 saturated heterocycles. The molecule has 0 aromatic heterocycles. The van der Waals surface area contributed by atoms with Gasteiger partial charge in [0.1, 0.15) is 0 Å². The Labute approximate surface area is 136 Å². The monoisotopic (exact) mass is 322 g/mol. The van der Waals surface area contributed by atoms with Crippen LogP contribution in [-0.2, 0) is 11.2 Å². The van der Waals surface area contributed by atoms with Crippen molar-refractivity contribution in [3.63, 3.8) is 0 Å². The van der Waals surface area contributed by atoms with E-state index in [1.165, 1.54) is 0 Å². The third kappa shape index (κ3) is 4.29. The van der Waals surface area contributed by atoms with Gasteiger partial charge in [0.2, 0.25) is 5.91 Å². The zero-order chi connectivity index (χ0) is 16.8. The lowest BCUT2D eigenvalue weighted by Gasteiger charge is -2.29. The molecule has 128 valence electrons. The maximum absolute atomic E-state index is 11.9. The van der Waals surface area contributed by atoms with Gasteiger partial charge >= 0.3 is 0 Å². The Morgan fingerprint density at radius 3 is 2.43 bits per heavy atom. The summed E-state index contributed by atoms with van der Waals surface area (Å²) >= 11 is 0. The number of carbonyl (C=O) groups excluding carboxylic acids is 1. The van der Waals surface area contributed by atoms with Crippen molar-refractivity contribution in [3.8, 4) is 0 Å². The molecular weight excluding hydrogens is 296 g/mol. The molecule has 1 aliphatic rings. The fourth-order valence-corrected chi connectivity index (χ4v) is 3.24. The molecule has 1 amide bonds. The zero-order valence-electron chi connectivity index (χ0n) is 13.4. The minimum Gasteiger partial charge on any atom is -0.395 e. The summed E-state index contributed by atoms with van der Waals surface area (Å²) in [6.07, 6.45) is -1.25. The average molecular weight is 322 g/mol. The van der Waals surface area contributed by atoms with Crippen molar-refractivity contribution >= 4 is 5.91 Å². The quantitative estimate of drug-likeness (QED) is 0.544. The highest BCUT2D eigenvalue weighted by Gasteiger charge is 2.47. The normalized spacial score (nSPS) is 28.0. The van der Waals surface area contributed by atoms with Gasteiger partial charge in [0.05, 0.1) is 24.9 Å². The Kier molecular flexibility index (Phi) is 6.53. The third-order valence-electron chi connectivity index (χ3n) is 4.45. The number of aliphatic hydroxyl groups is 3. The van der Waals surface area contributed by atoms with E-state index >= 15 is 0 Å². The van der Waals surface area contributed by atoms with E-state index < -0.39 is 24.3 Å². The van der Waals surface area contributed by atoms with Gasteiger partial charge in [0.25, 0.3) is 0 Å². The number of amides is 1. The molecular formula is C17H26N2O4. The summed E-state index contributed by atoms with van der Waals surface area (Å²) < 4.78 is 0. The van der Waals surface area contributed by atoms with Crippen LogP contribution in [0.25, 0.3) is 0 Å². The Morgan fingerprint density at radius 2 is 1.83 bits per heavy atom. The highest BCUT2D eigenvalue weighted by Crippen LogP contribution is 2.27. The number of hydrogen-bond acceptors (Lipinski definition) is 5. The maximum Gasteiger partial charge on any atom is 0.221 e. The molecule has 23 heavy (non-hydrogen) atoms. The molecule has 0 saturated carbocycles. The standard InChI is InChI=1S/C17H26N2O4/c1-2-18-15(21)10-13-16(22)17(23)14(11-20)19(13)9-8-12-6-4-3-5-7-12/h3-7,13-14,16-17,20,22-23H,2,8-11H2,1H3,(H,18,21)/t13?,14-,16-,17-/m1/s1. The molecule has 1 unspecified atom stereocenters. The van der Waals surface area contributed by atoms with Crippen LogP contribution in [0, 0.1) is 0 Å². The number of carbonyl (C=O) groups is 1. The van der Waals surface area contributed by atoms with Crippen LogP contribution in [0.2, 0.25) is 0 Å². The number of hydrogen-bond donors (Lipinski definition) is 4. The third-order valence-corrected chi connectivity index (χ3v) is 4.45. The van der Waals surface area contributed by atoms with Crippen molar-refractivity contribution in [1.29, 1.82) is 0 Å². The van der Waals surface area contributed by atoms with E-state index in [2.05, 4.69) is 5.32 Å². The van der Waals surface area contributed by atoms with Crippen LogP contribution in [0.5, 0.6) is 0 Å². The van der Waals surface area contributed by atoms with Crippen LogP contribution in [-0.4, -0.2) is 70.1 Å². The Bertz CT molecular complexity index is 497. The second-order valence-electron chi connectivity index (χ2n) is 5.93. The van der Waals surface area contributed by atoms with Gasteiger partial charge in [-0.25, -0.2) is 0 Å². The summed E-state index contributed by atoms with van der Waals surface area (Å²) in [5.41, 5.74) is 1.14. The number of likely N-dealkylation sites (tertiary alicyclic amines) is 1. The molecule has 1 fully saturated rings. The van der Waals surface area contributed by atoms with Gasteiger partial charge in [0.15, 0.2) is 0 Å². The van der Waals surface area contributed by atoms with E-state index in [1.807, 2.05) is 42.2 Å². The molecule has 1 heterocycles. The number of nitrogens with zero attached hydrogens (tertiary/aromatic N) is 1. The molecule has 1 aromatic carbocycles. The van der Waals surface area contributed by atoms with Gasteiger partial charge in [-0.05, 0) is 18.9 Å². The summed E-state index contributed by atoms with van der Waals surface area (Å²) in [6.45, 7) is 2.67. The Morgan fingerprint density at radius 1 is 1.17 bits per heavy atom. The Hall–Kier alpha value is -1.47. The van der Waals surface area contributed by atoms with Crippen LogP contribution in [0.4, 0.5) is 0 Å². The van der Waals surface area contributed by atoms with Crippen LogP contribution in [0.15, 0.2) is 30.3 Å². The molecule has 6 heteroatoms. The largest absolute Gasteiger partial charge is 0.395 e. The van der Waals surface area contributed by atoms with Crippen molar-refractivity contribution in [2.75, 3.05) is 19.7 Å². The molecule has 0 radical (unpaired) electrons. The van der Waals surface area contributed by atoms with Crippen LogP contribution in [0.3, 0.4) is 0 Å². The topological polar surface area (TPSA) is 93.0 Å². The highest BCUT2D eigenvalue weighted by molar-refractivity contribution is 5.76. The molecule has 4 N–H and O–H groups in total. The van der Waals surface area contributed by atoms with Crippen LogP contribution >= 0.6 is 0 Å². The molecule has 0 aliphatic carbocycles. The van der Waals surface area contributed by atoms with Crippen molar-refractivity contribution < 1.29 is 20.1 Å². The molecule has 0 spiro atoms. The van der Waals surface area contributed by atoms with E-state index in [9.17, 15) is 20.1 Å². The molecule has 0 bridgehead atoms. The average Bonchev–Trinajstić information content (AvgIpc) is 2.78. The van der Waals surface area contributed by atoms with Gasteiger partial charge in [-0.2, -0.15) is 0 Å². The van der Waals surface area contributed by atoms with Crippen LogP contribution < -0.4 is 5.32 Å². The fourth-order valence-electron chi connectivity index (χ4n) is 3.24. The van der Waals surface area contributed by atoms with Crippen molar-refractivity contribution in [1.82, 2.24) is 10.2 Å². The van der Waals surface area contributed by atoms with E-state index in [1.54, 1.807) is 0 Å². The first-order valence-electron chi connectivity index (χ1n) is 8.11. The smallest absolute Gasteiger partial charge is 0.221 e. The molecule has 1 aromatic rings. The summed E-state index contributed by atoms with van der Waals surface area (Å²) in [5.74, 6) is -0.160. The van der Waals surface area contributed by atoms with Gasteiger partial charge in [-0.3, -0.25) is 9.69 Å². The van der Waals surface area contributed by atoms with E-state index in [-0.39, 0.29) is 18.9 Å². The van der Waals surface area contributed by atoms with Crippen LogP contribution in [0.1, 0.15) is 18.9 Å². The highest BCUT2D eigenvalue weighted by atomic mass is 16.3. The SMILES string of the molecule is CCNC(=O)CC1[C@@H](O)[C@H](O)[C@@H](CO)N1CCc1ccccc1. The lowest BCUT2D eigenvalue weighted by molar-refractivity contribution is -0.123. The Balaban J connectivity index is 2.07. The van der Waals surface area contributed by atoms with Gasteiger partial charge < -0.3 is 20.6 Å². The first-order valence-corrected chi connectivity index (χ1v) is 8.11. The molecule has 4 atom stereocenters. The summed E-state index contributed by atoms with van der Waals surface area (Å²) in [6, 6.07) is 8.84. The summed E-state index contributed by atoms with van der Waals surface area (Å²) in [4.78, 5) is 13.7. The lowest BCUT2D eigenvalue weighted by Crippen LogP contribution is -2.44. The maximum atomic E-state index is 11.9. The van der Waals surface area contributed by atoms with Crippen molar-refractivity contribution in [2.24, 2.45) is 0 Å². The molecule has 2 rings (SSSR count). The molecule has 1 aliphatic heterocycles. The van der Waals surface area contributed by atoms with Gasteiger partial charge in [0, 0.05) is 25.6 Å².